The van der Waals surface area contributed by atoms with Crippen molar-refractivity contribution in [2.24, 2.45) is 0 Å². The van der Waals surface area contributed by atoms with Crippen LogP contribution in [0.15, 0.2) is 0 Å². The van der Waals surface area contributed by atoms with E-state index in [2.05, 4.69) is 0 Å². The monoisotopic (exact) mass is 232 g/mol. The second kappa shape index (κ2) is 7.18. The summed E-state index contributed by atoms with van der Waals surface area (Å²) in [4.78, 5) is 0. The molecule has 5 N–H and O–H groups in total. The molecule has 15 heavy (non-hydrogen) atoms. The van der Waals surface area contributed by atoms with Crippen molar-refractivity contribution < 1.29 is 65.7 Å². The number of aliphatic hydroxyl groups excluding tert-OH is 4. The minimum Gasteiger partial charge on any atom is -1.00 e. The van der Waals surface area contributed by atoms with E-state index < -0.39 is 45.0 Å². The molecule has 0 aromatic heterocycles. The van der Waals surface area contributed by atoms with E-state index in [9.17, 15) is 10.2 Å². The maximum Gasteiger partial charge on any atom is 1.00 e. The molecule has 0 amide bonds. The average Bonchev–Trinajstić information content (AvgIpc) is 2.58. The number of hydrogen-bond donors (Lipinski definition) is 5. The van der Waals surface area contributed by atoms with Gasteiger partial charge in [0.15, 0.2) is 0 Å². The van der Waals surface area contributed by atoms with E-state index in [0.717, 1.165) is 0 Å². The van der Waals surface area contributed by atoms with Crippen LogP contribution in [-0.2, 0) is 9.31 Å². The predicted molar refractivity (Wildman–Crippen MR) is 45.0 cm³/mol. The van der Waals surface area contributed by atoms with Gasteiger partial charge in [-0.2, -0.15) is 0 Å². The molecule has 4 unspecified atom stereocenters. The van der Waals surface area contributed by atoms with Gasteiger partial charge in [0.05, 0.1) is 13.2 Å². The summed E-state index contributed by atoms with van der Waals surface area (Å²) >= 11 is 0. The van der Waals surface area contributed by atoms with Gasteiger partial charge in [0, 0.05) is 0 Å². The Kier molecular flexibility index (Phi) is 7.55. The van der Waals surface area contributed by atoms with Crippen LogP contribution in [-0.4, -0.2) is 70.4 Å². The standard InChI is InChI=1S/C6H13BO7.Na.H/c8-1-3(10)5-6(4(11)2-9)14-7(12)13-5;;/h3-6,8-12H,1-2H2;;/q;+1;-1. The minimum atomic E-state index is -1.56. The molecular formula is C6H14BNaO7. The van der Waals surface area contributed by atoms with Crippen LogP contribution in [0.1, 0.15) is 1.43 Å². The van der Waals surface area contributed by atoms with Crippen LogP contribution in [0.5, 0.6) is 0 Å². The Morgan fingerprint density at radius 1 is 1.07 bits per heavy atom. The van der Waals surface area contributed by atoms with Gasteiger partial charge in [-0.3, -0.25) is 0 Å². The van der Waals surface area contributed by atoms with E-state index in [4.69, 9.17) is 24.5 Å². The van der Waals surface area contributed by atoms with E-state index in [1.807, 2.05) is 0 Å². The molecule has 1 heterocycles. The first-order valence-corrected chi connectivity index (χ1v) is 4.17. The average molecular weight is 232 g/mol. The van der Waals surface area contributed by atoms with Crippen LogP contribution in [0.3, 0.4) is 0 Å². The number of aliphatic hydroxyl groups is 4. The molecule has 1 rings (SSSR count). The van der Waals surface area contributed by atoms with Gasteiger partial charge in [-0.25, -0.2) is 0 Å². The Morgan fingerprint density at radius 2 is 1.40 bits per heavy atom. The summed E-state index contributed by atoms with van der Waals surface area (Å²) in [5.74, 6) is 0. The summed E-state index contributed by atoms with van der Waals surface area (Å²) in [6, 6.07) is 0. The van der Waals surface area contributed by atoms with Crippen LogP contribution < -0.4 is 29.6 Å². The smallest absolute Gasteiger partial charge is 1.00 e. The van der Waals surface area contributed by atoms with Crippen molar-refractivity contribution in [3.8, 4) is 0 Å². The van der Waals surface area contributed by atoms with E-state index in [1.165, 1.54) is 0 Å². The third-order valence-corrected chi connectivity index (χ3v) is 2.00. The quantitative estimate of drug-likeness (QED) is 0.306. The van der Waals surface area contributed by atoms with Gasteiger partial charge in [-0.05, 0) is 0 Å². The molecule has 0 aliphatic carbocycles. The Labute approximate surface area is 111 Å². The SMILES string of the molecule is OCC(O)C1OB(O)OC1C(O)CO.[H-].[Na+]. The third-order valence-electron chi connectivity index (χ3n) is 2.00. The summed E-state index contributed by atoms with van der Waals surface area (Å²) in [5.41, 5.74) is 0. The molecule has 0 radical (unpaired) electrons. The molecule has 0 saturated carbocycles. The summed E-state index contributed by atoms with van der Waals surface area (Å²) in [5, 5.41) is 44.7. The molecule has 1 aliphatic rings. The molecule has 0 bridgehead atoms. The van der Waals surface area contributed by atoms with Crippen LogP contribution in [0.25, 0.3) is 0 Å². The molecular weight excluding hydrogens is 218 g/mol. The van der Waals surface area contributed by atoms with E-state index >= 15 is 0 Å². The van der Waals surface area contributed by atoms with Crippen LogP contribution in [0.2, 0.25) is 0 Å². The van der Waals surface area contributed by atoms with Crippen molar-refractivity contribution in [2.45, 2.75) is 24.4 Å². The maximum atomic E-state index is 9.23. The molecule has 0 aromatic rings. The fraction of sp³-hybridized carbons (Fsp3) is 1.00. The van der Waals surface area contributed by atoms with E-state index in [1.54, 1.807) is 0 Å². The largest absolute Gasteiger partial charge is 1.00 e. The summed E-state index contributed by atoms with van der Waals surface area (Å²) in [6.07, 6.45) is -4.68. The zero-order valence-corrected chi connectivity index (χ0v) is 10.4. The normalized spacial score (nSPS) is 29.8. The van der Waals surface area contributed by atoms with Gasteiger partial charge in [0.2, 0.25) is 0 Å². The van der Waals surface area contributed by atoms with E-state index in [-0.39, 0.29) is 31.0 Å². The zero-order valence-electron chi connectivity index (χ0n) is 9.35. The molecule has 4 atom stereocenters. The Morgan fingerprint density at radius 3 is 1.67 bits per heavy atom. The first-order valence-electron chi connectivity index (χ1n) is 4.17. The fourth-order valence-corrected chi connectivity index (χ4v) is 1.28. The topological polar surface area (TPSA) is 120 Å². The van der Waals surface area contributed by atoms with Crippen molar-refractivity contribution in [3.63, 3.8) is 0 Å². The molecule has 9 heteroatoms. The van der Waals surface area contributed by atoms with Crippen molar-refractivity contribution in [1.29, 1.82) is 0 Å². The number of rotatable bonds is 4. The first kappa shape index (κ1) is 15.8. The Balaban J connectivity index is 0. The van der Waals surface area contributed by atoms with Crippen LogP contribution in [0.4, 0.5) is 0 Å². The van der Waals surface area contributed by atoms with Crippen molar-refractivity contribution >= 4 is 7.32 Å². The first-order chi connectivity index (χ1) is 6.60. The number of hydrogen-bond acceptors (Lipinski definition) is 7. The maximum absolute atomic E-state index is 9.23. The zero-order chi connectivity index (χ0) is 10.7. The van der Waals surface area contributed by atoms with Crippen LogP contribution >= 0.6 is 0 Å². The second-order valence-corrected chi connectivity index (χ2v) is 3.01. The molecule has 1 saturated heterocycles. The molecule has 0 aromatic carbocycles. The predicted octanol–water partition coefficient (Wildman–Crippen LogP) is -6.43. The second-order valence-electron chi connectivity index (χ2n) is 3.01. The Hall–Kier alpha value is 0.785. The van der Waals surface area contributed by atoms with Gasteiger partial charge in [-0.15, -0.1) is 0 Å². The summed E-state index contributed by atoms with van der Waals surface area (Å²) in [6.45, 7) is -1.18. The molecule has 7 nitrogen and oxygen atoms in total. The minimum absolute atomic E-state index is 0. The molecule has 0 spiro atoms. The summed E-state index contributed by atoms with van der Waals surface area (Å²) < 4.78 is 9.40. The van der Waals surface area contributed by atoms with Gasteiger partial charge in [0.25, 0.3) is 0 Å². The van der Waals surface area contributed by atoms with Gasteiger partial charge in [0.1, 0.15) is 24.4 Å². The Bertz CT molecular complexity index is 172. The van der Waals surface area contributed by atoms with Crippen LogP contribution in [0, 0.1) is 0 Å². The van der Waals surface area contributed by atoms with E-state index in [0.29, 0.717) is 0 Å². The molecule has 84 valence electrons. The van der Waals surface area contributed by atoms with Crippen molar-refractivity contribution in [2.75, 3.05) is 13.2 Å². The van der Waals surface area contributed by atoms with Gasteiger partial charge < -0.3 is 36.2 Å². The third kappa shape index (κ3) is 3.93. The van der Waals surface area contributed by atoms with Crippen molar-refractivity contribution in [1.82, 2.24) is 0 Å². The van der Waals surface area contributed by atoms with Crippen molar-refractivity contribution in [3.05, 3.63) is 0 Å². The van der Waals surface area contributed by atoms with Gasteiger partial charge >= 0.3 is 36.9 Å². The molecule has 1 aliphatic heterocycles. The summed E-state index contributed by atoms with van der Waals surface area (Å²) in [7, 11) is -1.56. The fourth-order valence-electron chi connectivity index (χ4n) is 1.28. The van der Waals surface area contributed by atoms with Gasteiger partial charge in [-0.1, -0.05) is 0 Å². The molecule has 1 fully saturated rings.